The highest BCUT2D eigenvalue weighted by molar-refractivity contribution is 7.49. The number of phenolic OH excluding ortho intramolecular Hbond substituents is 1. The quantitative estimate of drug-likeness (QED) is 0.0423. The van der Waals surface area contributed by atoms with Crippen LogP contribution in [0.15, 0.2) is 45.6 Å². The normalized spacial score (nSPS) is 13.1. The Balaban J connectivity index is 0.000000525. The molecule has 1 aliphatic carbocycles. The van der Waals surface area contributed by atoms with E-state index >= 15 is 0 Å². The molecule has 2 aromatic rings. The third-order valence-electron chi connectivity index (χ3n) is 10.6. The van der Waals surface area contributed by atoms with E-state index in [0.717, 1.165) is 6.61 Å². The predicted octanol–water partition coefficient (Wildman–Crippen LogP) is 10.6. The number of carbonyl (C=O) groups excluding carboxylic acids is 1. The van der Waals surface area contributed by atoms with Gasteiger partial charge in [-0.15, -0.1) is 0 Å². The summed E-state index contributed by atoms with van der Waals surface area (Å²) in [5.74, 6) is -3.53. The van der Waals surface area contributed by atoms with Crippen molar-refractivity contribution in [2.75, 3.05) is 33.1 Å². The Labute approximate surface area is 363 Å². The molecule has 0 fully saturated rings. The smallest absolute Gasteiger partial charge is 0.336 e. The molecule has 2 aliphatic rings. The average molecular weight is 884 g/mol. The van der Waals surface area contributed by atoms with E-state index in [9.17, 15) is 34.5 Å². The first-order chi connectivity index (χ1) is 28.4. The van der Waals surface area contributed by atoms with E-state index in [4.69, 9.17) is 13.5 Å². The van der Waals surface area contributed by atoms with Gasteiger partial charge in [0.2, 0.25) is 0 Å². The summed E-state index contributed by atoms with van der Waals surface area (Å²) in [7, 11) is -1.41. The van der Waals surface area contributed by atoms with Crippen molar-refractivity contribution in [1.29, 1.82) is 0 Å². The number of aromatic hydroxyl groups is 1. The van der Waals surface area contributed by atoms with Gasteiger partial charge in [0, 0.05) is 64.9 Å². The fourth-order valence-electron chi connectivity index (χ4n) is 7.69. The summed E-state index contributed by atoms with van der Waals surface area (Å²) in [4.78, 5) is 51.4. The van der Waals surface area contributed by atoms with E-state index in [-0.39, 0.29) is 81.1 Å². The maximum Gasteiger partial charge on any atom is 0.336 e. The minimum atomic E-state index is -1.41. The summed E-state index contributed by atoms with van der Waals surface area (Å²) in [6.07, 6.45) is 1.17. The lowest BCUT2D eigenvalue weighted by Crippen LogP contribution is -2.34. The molecular weight excluding hydrogens is 816 g/mol. The standard InChI is InChI=1S/C33H37N2O9P.C13H30NOP/c1-16(2)35(17(3)4)45(7)43-13-12-34-31(38)27-19(6)28(32(39)40)26(18(5)29(27)33(41)42)30-22-10-8-20(36)14-24(22)44-25-15-21(37)9-11-23(25)30;1-9-13(6,7)10-15-16(8)14(11(2)3)12(4)5/h8-11,14-17,36H,12-13H2,1-7H3,(H,34,38)(H,39,40)(H,41,42);11-12H,9-10H2,1-8H3. The number of amides is 1. The monoisotopic (exact) mass is 883 g/mol. The third-order valence-corrected chi connectivity index (χ3v) is 14.8. The molecule has 1 amide bonds. The molecule has 0 aromatic heterocycles. The maximum absolute atomic E-state index is 13.6. The van der Waals surface area contributed by atoms with Crippen molar-refractivity contribution in [1.82, 2.24) is 14.7 Å². The fraction of sp³-hybridized carbons (Fsp3) is 0.522. The Morgan fingerprint density at radius 2 is 1.31 bits per heavy atom. The number of nitrogens with zero attached hydrogens (tertiary/aromatic N) is 2. The Morgan fingerprint density at radius 3 is 1.82 bits per heavy atom. The van der Waals surface area contributed by atoms with Gasteiger partial charge < -0.3 is 34.1 Å². The van der Waals surface area contributed by atoms with Crippen molar-refractivity contribution in [2.45, 2.75) is 121 Å². The van der Waals surface area contributed by atoms with Crippen molar-refractivity contribution in [3.63, 3.8) is 0 Å². The number of hydrogen-bond donors (Lipinski definition) is 4. The summed E-state index contributed by atoms with van der Waals surface area (Å²) in [6.45, 7) is 32.2. The van der Waals surface area contributed by atoms with E-state index < -0.39 is 34.4 Å². The van der Waals surface area contributed by atoms with Gasteiger partial charge in [0.1, 0.15) is 33.7 Å². The average Bonchev–Trinajstić information content (AvgIpc) is 3.14. The number of rotatable bonds is 18. The second-order valence-electron chi connectivity index (χ2n) is 17.1. The number of hydrogen-bond acceptors (Lipinski definition) is 10. The zero-order valence-electron chi connectivity index (χ0n) is 38.6. The summed E-state index contributed by atoms with van der Waals surface area (Å²) < 4.78 is 22.7. The van der Waals surface area contributed by atoms with Crippen LogP contribution in [0.4, 0.5) is 0 Å². The predicted molar refractivity (Wildman–Crippen MR) is 248 cm³/mol. The second kappa shape index (κ2) is 21.9. The molecule has 336 valence electrons. The highest BCUT2D eigenvalue weighted by Crippen LogP contribution is 2.46. The Morgan fingerprint density at radius 1 is 0.770 bits per heavy atom. The fourth-order valence-corrected chi connectivity index (χ4v) is 11.4. The minimum Gasteiger partial charge on any atom is -0.508 e. The van der Waals surface area contributed by atoms with Gasteiger partial charge in [-0.3, -0.25) is 18.9 Å². The molecule has 1 heterocycles. The Kier molecular flexibility index (Phi) is 18.5. The highest BCUT2D eigenvalue weighted by atomic mass is 31.2. The van der Waals surface area contributed by atoms with E-state index in [1.54, 1.807) is 0 Å². The first-order valence-corrected chi connectivity index (χ1v) is 24.1. The zero-order chi connectivity index (χ0) is 46.3. The van der Waals surface area contributed by atoms with Gasteiger partial charge >= 0.3 is 11.9 Å². The molecule has 2 aromatic carbocycles. The van der Waals surface area contributed by atoms with Crippen LogP contribution < -0.4 is 10.7 Å². The van der Waals surface area contributed by atoms with E-state index in [2.05, 4.69) is 97.5 Å². The van der Waals surface area contributed by atoms with E-state index in [1.165, 1.54) is 56.7 Å². The number of aromatic carboxylic acids is 2. The number of carboxylic acid groups (broad SMARTS) is 2. The van der Waals surface area contributed by atoms with Crippen molar-refractivity contribution < 1.29 is 43.2 Å². The van der Waals surface area contributed by atoms with Gasteiger partial charge in [0.05, 0.1) is 29.9 Å². The second-order valence-corrected chi connectivity index (χ2v) is 20.4. The SMILES string of the molecule is CCC(C)(C)COP(C)N(C(C)C)C(C)C.Cc1c(C(=O)NCCOP(C)N(C(C)C)C(C)C)c(C(=O)O)c(C)c(-c2c3ccc(=O)cc-3oc3cc(O)ccc23)c1C(=O)O. The molecule has 61 heavy (non-hydrogen) atoms. The van der Waals surface area contributed by atoms with E-state index in [0.29, 0.717) is 34.0 Å². The van der Waals surface area contributed by atoms with Crippen LogP contribution in [0.3, 0.4) is 0 Å². The molecule has 0 radical (unpaired) electrons. The topological polar surface area (TPSA) is 179 Å². The zero-order valence-corrected chi connectivity index (χ0v) is 40.4. The van der Waals surface area contributed by atoms with Crippen LogP contribution in [-0.2, 0) is 9.05 Å². The number of fused-ring (bicyclic) bond motifs is 2. The molecular formula is C46H67N3O10P2. The highest BCUT2D eigenvalue weighted by Gasteiger charge is 2.33. The van der Waals surface area contributed by atoms with Crippen molar-refractivity contribution in [3.05, 3.63) is 74.4 Å². The lowest BCUT2D eigenvalue weighted by atomic mass is 9.81. The van der Waals surface area contributed by atoms with Gasteiger partial charge in [-0.05, 0) is 130 Å². The first kappa shape index (κ1) is 51.4. The lowest BCUT2D eigenvalue weighted by Gasteiger charge is -2.36. The van der Waals surface area contributed by atoms with E-state index in [1.807, 2.05) is 6.66 Å². The Hall–Kier alpha value is -3.96. The summed E-state index contributed by atoms with van der Waals surface area (Å²) >= 11 is 0. The molecule has 13 nitrogen and oxygen atoms in total. The summed E-state index contributed by atoms with van der Waals surface area (Å²) in [6, 6.07) is 9.87. The van der Waals surface area contributed by atoms with Gasteiger partial charge in [-0.1, -0.05) is 20.8 Å². The molecule has 2 atom stereocenters. The minimum absolute atomic E-state index is 0.0382. The molecule has 0 saturated carbocycles. The van der Waals surface area contributed by atoms with Gasteiger partial charge in [0.25, 0.3) is 5.91 Å². The molecule has 4 rings (SSSR count). The molecule has 4 N–H and O–H groups in total. The van der Waals surface area contributed by atoms with Crippen molar-refractivity contribution in [2.24, 2.45) is 5.41 Å². The van der Waals surface area contributed by atoms with Crippen LogP contribution in [0.1, 0.15) is 125 Å². The van der Waals surface area contributed by atoms with Crippen LogP contribution in [0.25, 0.3) is 33.4 Å². The molecule has 2 unspecified atom stereocenters. The number of carbonyl (C=O) groups is 3. The molecule has 1 aliphatic heterocycles. The van der Waals surface area contributed by atoms with Gasteiger partial charge in [-0.2, -0.15) is 0 Å². The van der Waals surface area contributed by atoms with Crippen molar-refractivity contribution in [3.8, 4) is 28.2 Å². The lowest BCUT2D eigenvalue weighted by molar-refractivity contribution is 0.0677. The number of phenols is 1. The van der Waals surface area contributed by atoms with Crippen LogP contribution in [-0.4, -0.2) is 99.8 Å². The number of benzene rings is 3. The maximum atomic E-state index is 13.6. The molecule has 0 spiro atoms. The molecule has 15 heteroatoms. The number of carboxylic acids is 2. The summed E-state index contributed by atoms with van der Waals surface area (Å²) in [5, 5.41) is 34.1. The first-order valence-electron chi connectivity index (χ1n) is 20.8. The van der Waals surface area contributed by atoms with Crippen LogP contribution in [0, 0.1) is 19.3 Å². The number of nitrogens with one attached hydrogen (secondary N) is 1. The summed E-state index contributed by atoms with van der Waals surface area (Å²) in [5.41, 5.74) is -0.0713. The van der Waals surface area contributed by atoms with Crippen LogP contribution in [0.5, 0.6) is 5.75 Å². The Bertz CT molecular complexity index is 2180. The third kappa shape index (κ3) is 12.6. The van der Waals surface area contributed by atoms with Gasteiger partial charge in [-0.25, -0.2) is 9.59 Å². The van der Waals surface area contributed by atoms with Crippen LogP contribution >= 0.6 is 16.6 Å². The van der Waals surface area contributed by atoms with Crippen LogP contribution in [0.2, 0.25) is 0 Å². The molecule has 0 saturated heterocycles. The van der Waals surface area contributed by atoms with Gasteiger partial charge in [0.15, 0.2) is 5.43 Å². The van der Waals surface area contributed by atoms with Crippen molar-refractivity contribution >= 4 is 45.4 Å². The molecule has 0 bridgehead atoms. The largest absolute Gasteiger partial charge is 0.508 e.